The molecule has 2 aromatic rings. The number of hydrogen-bond acceptors (Lipinski definition) is 4. The van der Waals surface area contributed by atoms with E-state index in [0.29, 0.717) is 31.3 Å². The van der Waals surface area contributed by atoms with Crippen LogP contribution in [-0.4, -0.2) is 43.0 Å². The number of benzene rings is 2. The lowest BCUT2D eigenvalue weighted by Crippen LogP contribution is -2.41. The fourth-order valence-corrected chi connectivity index (χ4v) is 3.47. The molecule has 0 fully saturated rings. The van der Waals surface area contributed by atoms with Crippen molar-refractivity contribution in [2.45, 2.75) is 39.2 Å². The molecule has 160 valence electrons. The quantitative estimate of drug-likeness (QED) is 0.840. The minimum absolute atomic E-state index is 0.0178. The van der Waals surface area contributed by atoms with E-state index in [0.717, 1.165) is 30.4 Å². The third kappa shape index (κ3) is 6.24. The zero-order valence-electron chi connectivity index (χ0n) is 17.6. The molecule has 3 rings (SSSR count). The lowest BCUT2D eigenvalue weighted by Gasteiger charge is -2.24. The summed E-state index contributed by atoms with van der Waals surface area (Å²) in [6.45, 7) is 3.94. The summed E-state index contributed by atoms with van der Waals surface area (Å²) in [5.41, 5.74) is 1.76. The Balaban J connectivity index is 1.88. The molecule has 2 amide bonds. The predicted octanol–water partition coefficient (Wildman–Crippen LogP) is 3.34. The normalized spacial score (nSPS) is 15.5. The van der Waals surface area contributed by atoms with E-state index >= 15 is 0 Å². The van der Waals surface area contributed by atoms with Gasteiger partial charge in [0.25, 0.3) is 0 Å². The molecular weight excluding hydrogens is 380 g/mol. The van der Waals surface area contributed by atoms with Crippen LogP contribution in [-0.2, 0) is 22.6 Å². The molecule has 0 bridgehead atoms. The van der Waals surface area contributed by atoms with Crippen LogP contribution in [0.15, 0.2) is 48.5 Å². The van der Waals surface area contributed by atoms with Crippen molar-refractivity contribution in [3.63, 3.8) is 0 Å². The Bertz CT molecular complexity index is 838. The van der Waals surface area contributed by atoms with Gasteiger partial charge in [0, 0.05) is 12.1 Å². The Hall–Kier alpha value is -3.02. The zero-order chi connectivity index (χ0) is 21.2. The van der Waals surface area contributed by atoms with E-state index in [4.69, 9.17) is 9.47 Å². The van der Waals surface area contributed by atoms with Gasteiger partial charge in [-0.3, -0.25) is 9.59 Å². The SMILES string of the molecule is CCOc1cccc2c1OCCCCCNC(=O)CN(C(=O)Cc1ccccc1)C2. The summed E-state index contributed by atoms with van der Waals surface area (Å²) >= 11 is 0. The van der Waals surface area contributed by atoms with Crippen molar-refractivity contribution in [1.29, 1.82) is 0 Å². The van der Waals surface area contributed by atoms with Crippen LogP contribution in [0, 0.1) is 0 Å². The first-order valence-corrected chi connectivity index (χ1v) is 10.6. The number of ether oxygens (including phenoxy) is 2. The van der Waals surface area contributed by atoms with E-state index in [9.17, 15) is 9.59 Å². The zero-order valence-corrected chi connectivity index (χ0v) is 17.6. The fraction of sp³-hybridized carbons (Fsp3) is 0.417. The molecule has 6 heteroatoms. The summed E-state index contributed by atoms with van der Waals surface area (Å²) in [5, 5.41) is 2.93. The second-order valence-electron chi connectivity index (χ2n) is 7.35. The first-order valence-electron chi connectivity index (χ1n) is 10.6. The van der Waals surface area contributed by atoms with Crippen molar-refractivity contribution in [2.75, 3.05) is 26.3 Å². The van der Waals surface area contributed by atoms with Crippen molar-refractivity contribution in [2.24, 2.45) is 0 Å². The summed E-state index contributed by atoms with van der Waals surface area (Å²) < 4.78 is 11.8. The van der Waals surface area contributed by atoms with Gasteiger partial charge in [0.2, 0.25) is 11.8 Å². The molecular formula is C24H30N2O4. The summed E-state index contributed by atoms with van der Waals surface area (Å²) in [5.74, 6) is 1.10. The smallest absolute Gasteiger partial charge is 0.239 e. The predicted molar refractivity (Wildman–Crippen MR) is 116 cm³/mol. The Morgan fingerprint density at radius 2 is 1.90 bits per heavy atom. The summed E-state index contributed by atoms with van der Waals surface area (Å²) in [7, 11) is 0. The van der Waals surface area contributed by atoms with Crippen LogP contribution in [0.1, 0.15) is 37.3 Å². The molecule has 1 aliphatic heterocycles. The Morgan fingerprint density at radius 1 is 1.07 bits per heavy atom. The standard InChI is InChI=1S/C24H30N2O4/c1-2-29-21-13-9-12-20-17-26(23(28)16-19-10-5-3-6-11-19)18-22(27)25-14-7-4-8-15-30-24(20)21/h3,5-6,9-13H,2,4,7-8,14-18H2,1H3,(H,25,27). The van der Waals surface area contributed by atoms with E-state index in [2.05, 4.69) is 5.32 Å². The van der Waals surface area contributed by atoms with Crippen molar-refractivity contribution >= 4 is 11.8 Å². The van der Waals surface area contributed by atoms with Crippen LogP contribution in [0.25, 0.3) is 0 Å². The van der Waals surface area contributed by atoms with Crippen LogP contribution < -0.4 is 14.8 Å². The molecule has 0 radical (unpaired) electrons. The first-order chi connectivity index (χ1) is 14.7. The van der Waals surface area contributed by atoms with E-state index < -0.39 is 0 Å². The largest absolute Gasteiger partial charge is 0.490 e. The maximum absolute atomic E-state index is 13.1. The number of para-hydroxylation sites is 1. The first kappa shape index (κ1) is 21.7. The summed E-state index contributed by atoms with van der Waals surface area (Å²) in [6, 6.07) is 15.3. The van der Waals surface area contributed by atoms with Crippen molar-refractivity contribution in [3.05, 3.63) is 59.7 Å². The maximum Gasteiger partial charge on any atom is 0.239 e. The van der Waals surface area contributed by atoms with Crippen molar-refractivity contribution in [3.8, 4) is 11.5 Å². The minimum Gasteiger partial charge on any atom is -0.490 e. The van der Waals surface area contributed by atoms with Crippen LogP contribution in [0.2, 0.25) is 0 Å². The Kier molecular flexibility index (Phi) is 8.12. The lowest BCUT2D eigenvalue weighted by molar-refractivity contribution is -0.136. The highest BCUT2D eigenvalue weighted by molar-refractivity contribution is 5.85. The summed E-state index contributed by atoms with van der Waals surface area (Å²) in [6.07, 6.45) is 2.98. The van der Waals surface area contributed by atoms with Gasteiger partial charge in [-0.1, -0.05) is 42.5 Å². The number of hydrogen-bond donors (Lipinski definition) is 1. The van der Waals surface area contributed by atoms with Gasteiger partial charge in [0.05, 0.1) is 32.7 Å². The third-order valence-corrected chi connectivity index (χ3v) is 5.00. The molecule has 30 heavy (non-hydrogen) atoms. The Labute approximate surface area is 178 Å². The Morgan fingerprint density at radius 3 is 2.70 bits per heavy atom. The van der Waals surface area contributed by atoms with Gasteiger partial charge in [0.1, 0.15) is 0 Å². The highest BCUT2D eigenvalue weighted by Gasteiger charge is 2.21. The summed E-state index contributed by atoms with van der Waals surface area (Å²) in [4.78, 5) is 27.2. The molecule has 0 aromatic heterocycles. The van der Waals surface area contributed by atoms with Gasteiger partial charge in [-0.2, -0.15) is 0 Å². The molecule has 0 atom stereocenters. The van der Waals surface area contributed by atoms with Gasteiger partial charge in [-0.05, 0) is 37.8 Å². The van der Waals surface area contributed by atoms with Crippen molar-refractivity contribution in [1.82, 2.24) is 10.2 Å². The topological polar surface area (TPSA) is 67.9 Å². The number of fused-ring (bicyclic) bond motifs is 1. The second-order valence-corrected chi connectivity index (χ2v) is 7.35. The van der Waals surface area contributed by atoms with Crippen LogP contribution in [0.5, 0.6) is 11.5 Å². The highest BCUT2D eigenvalue weighted by atomic mass is 16.5. The van der Waals surface area contributed by atoms with Gasteiger partial charge < -0.3 is 19.7 Å². The van der Waals surface area contributed by atoms with Gasteiger partial charge in [-0.15, -0.1) is 0 Å². The molecule has 1 aliphatic rings. The molecule has 1 N–H and O–H groups in total. The van der Waals surface area contributed by atoms with Gasteiger partial charge in [0.15, 0.2) is 11.5 Å². The van der Waals surface area contributed by atoms with Gasteiger partial charge >= 0.3 is 0 Å². The van der Waals surface area contributed by atoms with E-state index in [1.807, 2.05) is 55.5 Å². The monoisotopic (exact) mass is 410 g/mol. The molecule has 0 saturated heterocycles. The number of nitrogens with one attached hydrogen (secondary N) is 1. The average Bonchev–Trinajstić information content (AvgIpc) is 2.76. The molecule has 0 saturated carbocycles. The van der Waals surface area contributed by atoms with E-state index in [-0.39, 0.29) is 31.3 Å². The highest BCUT2D eigenvalue weighted by Crippen LogP contribution is 2.33. The molecule has 6 nitrogen and oxygen atoms in total. The molecule has 0 unspecified atom stereocenters. The molecule has 1 heterocycles. The lowest BCUT2D eigenvalue weighted by atomic mass is 10.1. The van der Waals surface area contributed by atoms with Crippen LogP contribution >= 0.6 is 0 Å². The minimum atomic E-state index is -0.140. The molecule has 0 spiro atoms. The second kappa shape index (κ2) is 11.2. The molecule has 0 aliphatic carbocycles. The number of carbonyl (C=O) groups is 2. The number of amides is 2. The number of nitrogens with zero attached hydrogens (tertiary/aromatic N) is 1. The average molecular weight is 411 g/mol. The fourth-order valence-electron chi connectivity index (χ4n) is 3.47. The van der Waals surface area contributed by atoms with Crippen molar-refractivity contribution < 1.29 is 19.1 Å². The number of rotatable bonds is 4. The maximum atomic E-state index is 13.1. The third-order valence-electron chi connectivity index (χ3n) is 5.00. The molecule has 2 aromatic carbocycles. The number of carbonyl (C=O) groups excluding carboxylic acids is 2. The van der Waals surface area contributed by atoms with Crippen LogP contribution in [0.4, 0.5) is 0 Å². The van der Waals surface area contributed by atoms with Crippen LogP contribution in [0.3, 0.4) is 0 Å². The van der Waals surface area contributed by atoms with E-state index in [1.165, 1.54) is 0 Å². The van der Waals surface area contributed by atoms with E-state index in [1.54, 1.807) is 4.90 Å². The van der Waals surface area contributed by atoms with Gasteiger partial charge in [-0.25, -0.2) is 0 Å².